The van der Waals surface area contributed by atoms with E-state index in [0.717, 1.165) is 34.7 Å². The van der Waals surface area contributed by atoms with E-state index in [4.69, 9.17) is 4.74 Å². The second kappa shape index (κ2) is 9.31. The second-order valence-corrected chi connectivity index (χ2v) is 8.58. The lowest BCUT2D eigenvalue weighted by atomic mass is 10.0. The van der Waals surface area contributed by atoms with E-state index < -0.39 is 0 Å². The largest absolute Gasteiger partial charge is 0.494 e. The Morgan fingerprint density at radius 1 is 1.19 bits per heavy atom. The van der Waals surface area contributed by atoms with Crippen LogP contribution in [0.25, 0.3) is 11.3 Å². The number of fused-ring (bicyclic) bond motifs is 1. The molecule has 1 aliphatic heterocycles. The van der Waals surface area contributed by atoms with E-state index in [1.165, 1.54) is 22.5 Å². The molecule has 0 saturated carbocycles. The summed E-state index contributed by atoms with van der Waals surface area (Å²) in [7, 11) is 0. The van der Waals surface area contributed by atoms with Crippen molar-refractivity contribution in [3.05, 3.63) is 58.5 Å². The number of benzene rings is 2. The summed E-state index contributed by atoms with van der Waals surface area (Å²) >= 11 is 1.43. The molecule has 0 fully saturated rings. The fourth-order valence-electron chi connectivity index (χ4n) is 3.61. The highest BCUT2D eigenvalue weighted by atomic mass is 32.1. The number of thiazole rings is 1. The number of anilines is 2. The number of hydrogen-bond donors (Lipinski definition) is 2. The third kappa shape index (κ3) is 5.30. The van der Waals surface area contributed by atoms with Crippen LogP contribution in [0.4, 0.5) is 10.8 Å². The number of carbonyl (C=O) groups is 2. The molecule has 7 heteroatoms. The van der Waals surface area contributed by atoms with Crippen molar-refractivity contribution in [3.8, 4) is 17.0 Å². The zero-order chi connectivity index (χ0) is 21.8. The second-order valence-electron chi connectivity index (χ2n) is 7.72. The van der Waals surface area contributed by atoms with Gasteiger partial charge in [-0.25, -0.2) is 4.98 Å². The predicted octanol–water partition coefficient (Wildman–Crippen LogP) is 5.11. The standard InChI is InChI=1S/C24H25N3O3S/c1-15-5-8-19(16(2)12-15)21-14-31-24(26-21)27-22(28)4-3-11-30-18-7-9-20-17(13-18)6-10-23(29)25-20/h5,7-9,12-14H,3-4,6,10-11H2,1-2H3,(H,25,29)(H,26,27,28). The molecule has 4 rings (SSSR count). The average Bonchev–Trinajstić information content (AvgIpc) is 3.19. The molecule has 6 nitrogen and oxygen atoms in total. The Labute approximate surface area is 185 Å². The number of amides is 2. The Morgan fingerprint density at radius 3 is 2.90 bits per heavy atom. The molecule has 0 bridgehead atoms. The molecule has 0 aliphatic carbocycles. The van der Waals surface area contributed by atoms with Crippen LogP contribution in [0.2, 0.25) is 0 Å². The monoisotopic (exact) mass is 435 g/mol. The molecule has 1 aliphatic rings. The van der Waals surface area contributed by atoms with Crippen LogP contribution < -0.4 is 15.4 Å². The van der Waals surface area contributed by atoms with Gasteiger partial charge in [0.25, 0.3) is 0 Å². The van der Waals surface area contributed by atoms with Crippen molar-refractivity contribution in [1.29, 1.82) is 0 Å². The molecule has 0 spiro atoms. The third-order valence-electron chi connectivity index (χ3n) is 5.20. The van der Waals surface area contributed by atoms with Crippen molar-refractivity contribution in [3.63, 3.8) is 0 Å². The lowest BCUT2D eigenvalue weighted by molar-refractivity contribution is -0.117. The molecule has 2 heterocycles. The van der Waals surface area contributed by atoms with Crippen LogP contribution in [0, 0.1) is 13.8 Å². The van der Waals surface area contributed by atoms with Gasteiger partial charge in [-0.15, -0.1) is 11.3 Å². The van der Waals surface area contributed by atoms with E-state index in [-0.39, 0.29) is 11.8 Å². The smallest absolute Gasteiger partial charge is 0.226 e. The van der Waals surface area contributed by atoms with Crippen molar-refractivity contribution in [2.45, 2.75) is 39.5 Å². The van der Waals surface area contributed by atoms with Crippen molar-refractivity contribution >= 4 is 34.0 Å². The van der Waals surface area contributed by atoms with Gasteiger partial charge in [0, 0.05) is 29.5 Å². The highest BCUT2D eigenvalue weighted by Crippen LogP contribution is 2.29. The minimum Gasteiger partial charge on any atom is -0.494 e. The van der Waals surface area contributed by atoms with Crippen LogP contribution in [0.3, 0.4) is 0 Å². The van der Waals surface area contributed by atoms with Crippen molar-refractivity contribution in [2.75, 3.05) is 17.2 Å². The summed E-state index contributed by atoms with van der Waals surface area (Å²) in [5, 5.41) is 8.31. The molecule has 3 aromatic rings. The van der Waals surface area contributed by atoms with E-state index in [0.29, 0.717) is 31.0 Å². The summed E-state index contributed by atoms with van der Waals surface area (Å²) in [6, 6.07) is 11.9. The molecule has 0 radical (unpaired) electrons. The Balaban J connectivity index is 1.24. The quantitative estimate of drug-likeness (QED) is 0.506. The summed E-state index contributed by atoms with van der Waals surface area (Å²) in [6.45, 7) is 4.58. The maximum Gasteiger partial charge on any atom is 0.226 e. The predicted molar refractivity (Wildman–Crippen MR) is 124 cm³/mol. The van der Waals surface area contributed by atoms with E-state index >= 15 is 0 Å². The first-order chi connectivity index (χ1) is 15.0. The number of carbonyl (C=O) groups excluding carboxylic acids is 2. The molecule has 0 saturated heterocycles. The van der Waals surface area contributed by atoms with Crippen LogP contribution in [0.5, 0.6) is 5.75 Å². The zero-order valence-corrected chi connectivity index (χ0v) is 18.5. The molecule has 0 unspecified atom stereocenters. The number of ether oxygens (including phenoxy) is 1. The molecule has 0 atom stereocenters. The fourth-order valence-corrected chi connectivity index (χ4v) is 4.34. The number of aromatic nitrogens is 1. The first kappa shape index (κ1) is 21.1. The minimum absolute atomic E-state index is 0.0496. The van der Waals surface area contributed by atoms with E-state index in [2.05, 4.69) is 47.7 Å². The van der Waals surface area contributed by atoms with Gasteiger partial charge in [0.1, 0.15) is 5.75 Å². The Kier molecular flexibility index (Phi) is 6.32. The molecule has 2 aromatic carbocycles. The zero-order valence-electron chi connectivity index (χ0n) is 17.7. The molecule has 160 valence electrons. The van der Waals surface area contributed by atoms with Crippen molar-refractivity contribution in [2.24, 2.45) is 0 Å². The van der Waals surface area contributed by atoms with E-state index in [1.54, 1.807) is 0 Å². The van der Waals surface area contributed by atoms with Crippen LogP contribution in [0.1, 0.15) is 36.0 Å². The highest BCUT2D eigenvalue weighted by Gasteiger charge is 2.15. The molecule has 2 N–H and O–H groups in total. The third-order valence-corrected chi connectivity index (χ3v) is 5.96. The van der Waals surface area contributed by atoms with Gasteiger partial charge >= 0.3 is 0 Å². The van der Waals surface area contributed by atoms with Crippen LogP contribution in [0.15, 0.2) is 41.8 Å². The normalized spacial score (nSPS) is 12.8. The average molecular weight is 436 g/mol. The molecular weight excluding hydrogens is 410 g/mol. The van der Waals surface area contributed by atoms with Crippen molar-refractivity contribution in [1.82, 2.24) is 4.98 Å². The van der Waals surface area contributed by atoms with Gasteiger partial charge in [0.2, 0.25) is 11.8 Å². The summed E-state index contributed by atoms with van der Waals surface area (Å²) < 4.78 is 5.78. The molecule has 1 aromatic heterocycles. The van der Waals surface area contributed by atoms with Crippen molar-refractivity contribution < 1.29 is 14.3 Å². The molecule has 31 heavy (non-hydrogen) atoms. The Morgan fingerprint density at radius 2 is 2.06 bits per heavy atom. The maximum atomic E-state index is 12.3. The number of hydrogen-bond acceptors (Lipinski definition) is 5. The Hall–Kier alpha value is -3.19. The van der Waals surface area contributed by atoms with Crippen LogP contribution in [-0.4, -0.2) is 23.4 Å². The topological polar surface area (TPSA) is 80.3 Å². The number of aryl methyl sites for hydroxylation is 3. The minimum atomic E-state index is -0.0710. The van der Waals surface area contributed by atoms with Gasteiger partial charge in [0.05, 0.1) is 12.3 Å². The SMILES string of the molecule is Cc1ccc(-c2csc(NC(=O)CCCOc3ccc4c(c3)CCC(=O)N4)n2)c(C)c1. The van der Waals surface area contributed by atoms with Crippen LogP contribution in [-0.2, 0) is 16.0 Å². The first-order valence-corrected chi connectivity index (χ1v) is 11.2. The maximum absolute atomic E-state index is 12.3. The summed E-state index contributed by atoms with van der Waals surface area (Å²) in [6.07, 6.45) is 2.19. The number of nitrogens with one attached hydrogen (secondary N) is 2. The highest BCUT2D eigenvalue weighted by molar-refractivity contribution is 7.14. The van der Waals surface area contributed by atoms with E-state index in [1.807, 2.05) is 23.6 Å². The lowest BCUT2D eigenvalue weighted by Crippen LogP contribution is -2.18. The van der Waals surface area contributed by atoms with Gasteiger partial charge in [0.15, 0.2) is 5.13 Å². The summed E-state index contributed by atoms with van der Waals surface area (Å²) in [5.74, 6) is 0.736. The lowest BCUT2D eigenvalue weighted by Gasteiger charge is -2.17. The summed E-state index contributed by atoms with van der Waals surface area (Å²) in [5.41, 5.74) is 6.29. The molecule has 2 amide bonds. The van der Waals surface area contributed by atoms with Gasteiger partial charge in [-0.3, -0.25) is 9.59 Å². The van der Waals surface area contributed by atoms with E-state index in [9.17, 15) is 9.59 Å². The molecular formula is C24H25N3O3S. The first-order valence-electron chi connectivity index (χ1n) is 10.4. The Bertz CT molecular complexity index is 1120. The van der Waals surface area contributed by atoms with Gasteiger partial charge < -0.3 is 15.4 Å². The fraction of sp³-hybridized carbons (Fsp3) is 0.292. The number of nitrogens with zero attached hydrogens (tertiary/aromatic N) is 1. The van der Waals surface area contributed by atoms with Gasteiger partial charge in [-0.2, -0.15) is 0 Å². The van der Waals surface area contributed by atoms with Gasteiger partial charge in [-0.1, -0.05) is 23.8 Å². The number of rotatable bonds is 7. The summed E-state index contributed by atoms with van der Waals surface area (Å²) in [4.78, 5) is 28.3. The van der Waals surface area contributed by atoms with Crippen LogP contribution >= 0.6 is 11.3 Å². The van der Waals surface area contributed by atoms with Gasteiger partial charge in [-0.05, 0) is 56.0 Å².